The highest BCUT2D eigenvalue weighted by atomic mass is 16.5. The molecule has 2 rings (SSSR count). The van der Waals surface area contributed by atoms with Crippen LogP contribution in [0.1, 0.15) is 34.7 Å². The predicted octanol–water partition coefficient (Wildman–Crippen LogP) is 1.82. The molecule has 1 N–H and O–H groups in total. The Morgan fingerprint density at radius 2 is 1.91 bits per heavy atom. The van der Waals surface area contributed by atoms with Gasteiger partial charge in [0.2, 0.25) is 0 Å². The van der Waals surface area contributed by atoms with E-state index >= 15 is 0 Å². The van der Waals surface area contributed by atoms with Crippen LogP contribution in [0.5, 0.6) is 0 Å². The monoisotopic (exact) mass is 299 g/mol. The van der Waals surface area contributed by atoms with Crippen LogP contribution in [0.4, 0.5) is 0 Å². The highest BCUT2D eigenvalue weighted by molar-refractivity contribution is 5.89. The van der Waals surface area contributed by atoms with Gasteiger partial charge in [0.15, 0.2) is 12.3 Å². The number of rotatable bonds is 5. The molecule has 6 nitrogen and oxygen atoms in total. The number of aromatic nitrogens is 2. The molecule has 0 aliphatic carbocycles. The molecule has 2 aromatic rings. The van der Waals surface area contributed by atoms with Crippen LogP contribution >= 0.6 is 0 Å². The number of amides is 1. The summed E-state index contributed by atoms with van der Waals surface area (Å²) in [5.74, 6) is -1.04. The lowest BCUT2D eigenvalue weighted by Crippen LogP contribution is -2.31. The zero-order chi connectivity index (χ0) is 15.9. The van der Waals surface area contributed by atoms with Gasteiger partial charge in [0.25, 0.3) is 5.91 Å². The van der Waals surface area contributed by atoms with Crippen LogP contribution in [-0.2, 0) is 9.53 Å². The van der Waals surface area contributed by atoms with Crippen LogP contribution in [0.25, 0.3) is 0 Å². The van der Waals surface area contributed by atoms with Crippen LogP contribution in [0, 0.1) is 6.92 Å². The number of nitrogens with zero attached hydrogens (tertiary/aromatic N) is 2. The van der Waals surface area contributed by atoms with Gasteiger partial charge in [0, 0.05) is 6.20 Å². The third-order valence-electron chi connectivity index (χ3n) is 3.00. The molecule has 1 aromatic heterocycles. The molecule has 6 heteroatoms. The van der Waals surface area contributed by atoms with E-state index < -0.39 is 5.97 Å². The number of hydrogen-bond acceptors (Lipinski definition) is 5. The topological polar surface area (TPSA) is 81.2 Å². The van der Waals surface area contributed by atoms with Crippen molar-refractivity contribution in [1.82, 2.24) is 15.3 Å². The minimum Gasteiger partial charge on any atom is -0.451 e. The molecule has 0 aliphatic heterocycles. The van der Waals surface area contributed by atoms with Gasteiger partial charge in [-0.25, -0.2) is 9.78 Å². The number of carbonyl (C=O) groups excluding carboxylic acids is 2. The van der Waals surface area contributed by atoms with Gasteiger partial charge in [0.05, 0.1) is 17.9 Å². The second-order valence-corrected chi connectivity index (χ2v) is 4.82. The number of aryl methyl sites for hydroxylation is 1. The Kier molecular flexibility index (Phi) is 5.19. The van der Waals surface area contributed by atoms with Gasteiger partial charge in [-0.3, -0.25) is 9.78 Å². The first-order valence-corrected chi connectivity index (χ1v) is 6.86. The molecular formula is C16H17N3O3. The van der Waals surface area contributed by atoms with Gasteiger partial charge in [-0.05, 0) is 19.4 Å². The average molecular weight is 299 g/mol. The lowest BCUT2D eigenvalue weighted by molar-refractivity contribution is -0.124. The van der Waals surface area contributed by atoms with E-state index in [4.69, 9.17) is 4.74 Å². The van der Waals surface area contributed by atoms with E-state index in [0.717, 1.165) is 5.56 Å². The van der Waals surface area contributed by atoms with Gasteiger partial charge in [-0.15, -0.1) is 0 Å². The van der Waals surface area contributed by atoms with Crippen molar-refractivity contribution in [2.75, 3.05) is 6.61 Å². The zero-order valence-corrected chi connectivity index (χ0v) is 12.4. The first-order valence-electron chi connectivity index (χ1n) is 6.86. The predicted molar refractivity (Wildman–Crippen MR) is 80.1 cm³/mol. The lowest BCUT2D eigenvalue weighted by atomic mass is 10.1. The van der Waals surface area contributed by atoms with E-state index in [1.165, 1.54) is 12.4 Å². The van der Waals surface area contributed by atoms with Gasteiger partial charge in [-0.1, -0.05) is 30.3 Å². The van der Waals surface area contributed by atoms with E-state index in [0.29, 0.717) is 5.69 Å². The smallest absolute Gasteiger partial charge is 0.359 e. The van der Waals surface area contributed by atoms with Crippen LogP contribution in [-0.4, -0.2) is 28.5 Å². The fourth-order valence-electron chi connectivity index (χ4n) is 1.81. The highest BCUT2D eigenvalue weighted by Crippen LogP contribution is 2.10. The van der Waals surface area contributed by atoms with E-state index in [-0.39, 0.29) is 24.2 Å². The van der Waals surface area contributed by atoms with Crippen molar-refractivity contribution in [2.45, 2.75) is 19.9 Å². The lowest BCUT2D eigenvalue weighted by Gasteiger charge is -2.14. The van der Waals surface area contributed by atoms with Crippen LogP contribution in [0.3, 0.4) is 0 Å². The summed E-state index contributed by atoms with van der Waals surface area (Å²) in [5, 5.41) is 2.76. The van der Waals surface area contributed by atoms with Gasteiger partial charge in [-0.2, -0.15) is 0 Å². The van der Waals surface area contributed by atoms with Crippen molar-refractivity contribution >= 4 is 11.9 Å². The van der Waals surface area contributed by atoms with Crippen molar-refractivity contribution in [3.8, 4) is 0 Å². The maximum absolute atomic E-state index is 11.8. The molecule has 1 unspecified atom stereocenters. The fourth-order valence-corrected chi connectivity index (χ4v) is 1.81. The molecule has 0 spiro atoms. The summed E-state index contributed by atoms with van der Waals surface area (Å²) < 4.78 is 4.91. The van der Waals surface area contributed by atoms with Crippen molar-refractivity contribution < 1.29 is 14.3 Å². The highest BCUT2D eigenvalue weighted by Gasteiger charge is 2.14. The first-order chi connectivity index (χ1) is 10.6. The normalized spacial score (nSPS) is 11.5. The summed E-state index contributed by atoms with van der Waals surface area (Å²) in [7, 11) is 0. The summed E-state index contributed by atoms with van der Waals surface area (Å²) in [4.78, 5) is 31.4. The molecule has 0 fully saturated rings. The number of nitrogens with one attached hydrogen (secondary N) is 1. The van der Waals surface area contributed by atoms with Crippen molar-refractivity contribution in [3.05, 3.63) is 59.7 Å². The van der Waals surface area contributed by atoms with Crippen molar-refractivity contribution in [2.24, 2.45) is 0 Å². The molecule has 0 saturated heterocycles. The number of esters is 1. The molecular weight excluding hydrogens is 282 g/mol. The summed E-state index contributed by atoms with van der Waals surface area (Å²) in [6.45, 7) is 3.27. The van der Waals surface area contributed by atoms with Crippen LogP contribution < -0.4 is 5.32 Å². The number of ether oxygens (including phenoxy) is 1. The maximum atomic E-state index is 11.8. The zero-order valence-electron chi connectivity index (χ0n) is 12.4. The molecule has 0 radical (unpaired) electrons. The molecule has 114 valence electrons. The van der Waals surface area contributed by atoms with Crippen LogP contribution in [0.2, 0.25) is 0 Å². The van der Waals surface area contributed by atoms with Gasteiger partial charge in [0.1, 0.15) is 0 Å². The Labute approximate surface area is 128 Å². The number of benzene rings is 1. The molecule has 1 aromatic carbocycles. The minimum atomic E-state index is -0.671. The van der Waals surface area contributed by atoms with E-state index in [9.17, 15) is 9.59 Å². The Bertz CT molecular complexity index is 641. The first kappa shape index (κ1) is 15.6. The molecule has 22 heavy (non-hydrogen) atoms. The summed E-state index contributed by atoms with van der Waals surface area (Å²) in [5.41, 5.74) is 1.76. The Morgan fingerprint density at radius 3 is 2.55 bits per heavy atom. The standard InChI is InChI=1S/C16H17N3O3/c1-11-8-18-14(9-17-11)16(21)22-10-15(20)19-12(2)13-6-4-3-5-7-13/h3-9,12H,10H2,1-2H3,(H,19,20). The molecule has 1 amide bonds. The SMILES string of the molecule is Cc1cnc(C(=O)OCC(=O)NC(C)c2ccccc2)cn1. The summed E-state index contributed by atoms with van der Waals surface area (Å²) in [6.07, 6.45) is 2.79. The quantitative estimate of drug-likeness (QED) is 0.852. The number of hydrogen-bond donors (Lipinski definition) is 1. The van der Waals surface area contributed by atoms with E-state index in [1.807, 2.05) is 37.3 Å². The average Bonchev–Trinajstić information content (AvgIpc) is 2.54. The van der Waals surface area contributed by atoms with Gasteiger partial charge < -0.3 is 10.1 Å². The molecule has 1 heterocycles. The second-order valence-electron chi connectivity index (χ2n) is 4.82. The molecule has 0 saturated carbocycles. The summed E-state index contributed by atoms with van der Waals surface area (Å²) >= 11 is 0. The Hall–Kier alpha value is -2.76. The molecule has 0 aliphatic rings. The molecule has 1 atom stereocenters. The molecule has 0 bridgehead atoms. The minimum absolute atomic E-state index is 0.0782. The van der Waals surface area contributed by atoms with Gasteiger partial charge >= 0.3 is 5.97 Å². The Balaban J connectivity index is 1.82. The van der Waals surface area contributed by atoms with Crippen molar-refractivity contribution in [1.29, 1.82) is 0 Å². The fraction of sp³-hybridized carbons (Fsp3) is 0.250. The maximum Gasteiger partial charge on any atom is 0.359 e. The van der Waals surface area contributed by atoms with Crippen molar-refractivity contribution in [3.63, 3.8) is 0 Å². The second kappa shape index (κ2) is 7.31. The number of carbonyl (C=O) groups is 2. The van der Waals surface area contributed by atoms with E-state index in [1.54, 1.807) is 6.92 Å². The van der Waals surface area contributed by atoms with Crippen LogP contribution in [0.15, 0.2) is 42.7 Å². The third-order valence-corrected chi connectivity index (χ3v) is 3.00. The Morgan fingerprint density at radius 1 is 1.18 bits per heavy atom. The van der Waals surface area contributed by atoms with E-state index in [2.05, 4.69) is 15.3 Å². The largest absolute Gasteiger partial charge is 0.451 e. The third kappa shape index (κ3) is 4.37. The summed E-state index contributed by atoms with van der Waals surface area (Å²) in [6, 6.07) is 9.37.